The quantitative estimate of drug-likeness (QED) is 0.593. The Kier molecular flexibility index (Phi) is 5.59. The lowest BCUT2D eigenvalue weighted by Gasteiger charge is -2.14. The Morgan fingerprint density at radius 2 is 2.07 bits per heavy atom. The molecule has 3 rings (SSSR count). The van der Waals surface area contributed by atoms with Crippen LogP contribution in [0.4, 0.5) is 13.2 Å². The SMILES string of the molecule is CN=C(NCc1sc(C)nc1C)NC1CC1c1ccccc1OC(F)(F)F. The highest BCUT2D eigenvalue weighted by Gasteiger charge is 2.42. The molecule has 0 amide bonds. The summed E-state index contributed by atoms with van der Waals surface area (Å²) < 4.78 is 41.9. The zero-order chi connectivity index (χ0) is 19.6. The van der Waals surface area contributed by atoms with Gasteiger partial charge in [0, 0.05) is 23.9 Å². The molecule has 1 aliphatic rings. The van der Waals surface area contributed by atoms with Gasteiger partial charge in [0.25, 0.3) is 0 Å². The molecule has 9 heteroatoms. The third-order valence-electron chi connectivity index (χ3n) is 4.30. The van der Waals surface area contributed by atoms with E-state index in [4.69, 9.17) is 0 Å². The van der Waals surface area contributed by atoms with Crippen molar-refractivity contribution in [3.8, 4) is 5.75 Å². The van der Waals surface area contributed by atoms with Gasteiger partial charge in [0.2, 0.25) is 0 Å². The van der Waals surface area contributed by atoms with Gasteiger partial charge in [-0.05, 0) is 31.9 Å². The monoisotopic (exact) mass is 398 g/mol. The molecule has 5 nitrogen and oxygen atoms in total. The number of benzene rings is 1. The van der Waals surface area contributed by atoms with Gasteiger partial charge in [-0.2, -0.15) is 0 Å². The average Bonchev–Trinajstić information content (AvgIpc) is 3.27. The first-order chi connectivity index (χ1) is 12.8. The van der Waals surface area contributed by atoms with Crippen molar-refractivity contribution >= 4 is 17.3 Å². The van der Waals surface area contributed by atoms with Crippen LogP contribution in [0.2, 0.25) is 0 Å². The van der Waals surface area contributed by atoms with Crippen LogP contribution in [0.5, 0.6) is 5.75 Å². The Bertz CT molecular complexity index is 834. The number of ether oxygens (including phenoxy) is 1. The molecule has 1 fully saturated rings. The maximum Gasteiger partial charge on any atom is 0.573 e. The number of aliphatic imine (C=N–C) groups is 1. The van der Waals surface area contributed by atoms with Crippen molar-refractivity contribution in [2.24, 2.45) is 4.99 Å². The number of hydrogen-bond donors (Lipinski definition) is 2. The van der Waals surface area contributed by atoms with Crippen LogP contribution < -0.4 is 15.4 Å². The van der Waals surface area contributed by atoms with Crippen molar-refractivity contribution in [2.75, 3.05) is 7.05 Å². The number of alkyl halides is 3. The summed E-state index contributed by atoms with van der Waals surface area (Å²) in [5.74, 6) is 0.426. The summed E-state index contributed by atoms with van der Waals surface area (Å²) in [6.45, 7) is 4.52. The number of halogens is 3. The van der Waals surface area contributed by atoms with Crippen LogP contribution >= 0.6 is 11.3 Å². The largest absolute Gasteiger partial charge is 0.573 e. The first-order valence-corrected chi connectivity index (χ1v) is 9.33. The highest BCUT2D eigenvalue weighted by molar-refractivity contribution is 7.11. The van der Waals surface area contributed by atoms with Crippen molar-refractivity contribution in [3.05, 3.63) is 45.4 Å². The minimum Gasteiger partial charge on any atom is -0.405 e. The molecule has 146 valence electrons. The smallest absolute Gasteiger partial charge is 0.405 e. The molecule has 1 aromatic carbocycles. The van der Waals surface area contributed by atoms with Crippen LogP contribution in [0.1, 0.15) is 33.5 Å². The Morgan fingerprint density at radius 3 is 2.70 bits per heavy atom. The lowest BCUT2D eigenvalue weighted by Crippen LogP contribution is -2.38. The van der Waals surface area contributed by atoms with Crippen LogP contribution in [0.3, 0.4) is 0 Å². The zero-order valence-electron chi connectivity index (χ0n) is 15.2. The number of nitrogens with zero attached hydrogens (tertiary/aromatic N) is 2. The maximum atomic E-state index is 12.6. The maximum absolute atomic E-state index is 12.6. The molecule has 0 aliphatic heterocycles. The van der Waals surface area contributed by atoms with Gasteiger partial charge in [-0.25, -0.2) is 4.98 Å². The van der Waals surface area contributed by atoms with Gasteiger partial charge in [0.05, 0.1) is 17.2 Å². The molecule has 27 heavy (non-hydrogen) atoms. The average molecular weight is 398 g/mol. The molecule has 1 aromatic heterocycles. The molecule has 0 spiro atoms. The van der Waals surface area contributed by atoms with Crippen LogP contribution in [-0.4, -0.2) is 30.4 Å². The molecule has 1 aliphatic carbocycles. The van der Waals surface area contributed by atoms with Crippen LogP contribution in [0, 0.1) is 13.8 Å². The molecule has 0 radical (unpaired) electrons. The van der Waals surface area contributed by atoms with E-state index < -0.39 is 6.36 Å². The van der Waals surface area contributed by atoms with E-state index in [0.29, 0.717) is 18.1 Å². The van der Waals surface area contributed by atoms with Crippen molar-refractivity contribution in [3.63, 3.8) is 0 Å². The van der Waals surface area contributed by atoms with E-state index in [2.05, 4.69) is 25.3 Å². The fourth-order valence-electron chi connectivity index (χ4n) is 2.97. The summed E-state index contributed by atoms with van der Waals surface area (Å²) in [7, 11) is 1.66. The second-order valence-electron chi connectivity index (χ2n) is 6.35. The molecule has 1 saturated carbocycles. The Labute approximate surface area is 159 Å². The minimum absolute atomic E-state index is 0.0125. The first kappa shape index (κ1) is 19.5. The summed E-state index contributed by atoms with van der Waals surface area (Å²) in [5.41, 5.74) is 1.54. The van der Waals surface area contributed by atoms with Crippen molar-refractivity contribution in [2.45, 2.75) is 45.1 Å². The standard InChI is InChI=1S/C18H21F3N4OS/c1-10-16(27-11(2)24-10)9-23-17(22-3)25-14-8-13(14)12-6-4-5-7-15(12)26-18(19,20)21/h4-7,13-14H,8-9H2,1-3H3,(H2,22,23,25). The number of hydrogen-bond acceptors (Lipinski definition) is 4. The van der Waals surface area contributed by atoms with E-state index >= 15 is 0 Å². The molecule has 2 aromatic rings. The molecule has 2 N–H and O–H groups in total. The molecule has 1 heterocycles. The lowest BCUT2D eigenvalue weighted by atomic mass is 10.1. The molecule has 0 saturated heterocycles. The Morgan fingerprint density at radius 1 is 1.33 bits per heavy atom. The van der Waals surface area contributed by atoms with Crippen LogP contribution in [-0.2, 0) is 6.54 Å². The highest BCUT2D eigenvalue weighted by Crippen LogP contribution is 2.45. The highest BCUT2D eigenvalue weighted by atomic mass is 32.1. The predicted octanol–water partition coefficient (Wildman–Crippen LogP) is 3.88. The van der Waals surface area contributed by atoms with E-state index in [1.54, 1.807) is 30.5 Å². The second kappa shape index (κ2) is 7.75. The third kappa shape index (κ3) is 5.12. The summed E-state index contributed by atoms with van der Waals surface area (Å²) in [4.78, 5) is 9.72. The van der Waals surface area contributed by atoms with Crippen molar-refractivity contribution in [1.29, 1.82) is 0 Å². The summed E-state index contributed by atoms with van der Waals surface area (Å²) >= 11 is 1.63. The van der Waals surface area contributed by atoms with E-state index in [1.165, 1.54) is 12.1 Å². The first-order valence-electron chi connectivity index (χ1n) is 8.51. The molecule has 2 unspecified atom stereocenters. The molecule has 0 bridgehead atoms. The lowest BCUT2D eigenvalue weighted by molar-refractivity contribution is -0.274. The number of thiazole rings is 1. The number of aromatic nitrogens is 1. The number of nitrogens with one attached hydrogen (secondary N) is 2. The number of guanidine groups is 1. The second-order valence-corrected chi connectivity index (χ2v) is 7.63. The topological polar surface area (TPSA) is 58.5 Å². The predicted molar refractivity (Wildman–Crippen MR) is 99.2 cm³/mol. The fraction of sp³-hybridized carbons (Fsp3) is 0.444. The van der Waals surface area contributed by atoms with Gasteiger partial charge < -0.3 is 15.4 Å². The van der Waals surface area contributed by atoms with Gasteiger partial charge in [-0.15, -0.1) is 24.5 Å². The van der Waals surface area contributed by atoms with Gasteiger partial charge >= 0.3 is 6.36 Å². The van der Waals surface area contributed by atoms with Crippen molar-refractivity contribution < 1.29 is 17.9 Å². The van der Waals surface area contributed by atoms with Gasteiger partial charge in [-0.3, -0.25) is 4.99 Å². The van der Waals surface area contributed by atoms with Gasteiger partial charge in [-0.1, -0.05) is 18.2 Å². The summed E-state index contributed by atoms with van der Waals surface area (Å²) in [6, 6.07) is 6.29. The van der Waals surface area contributed by atoms with E-state index in [1.807, 2.05) is 13.8 Å². The third-order valence-corrected chi connectivity index (χ3v) is 5.37. The van der Waals surface area contributed by atoms with E-state index in [9.17, 15) is 13.2 Å². The van der Waals surface area contributed by atoms with E-state index in [-0.39, 0.29) is 17.7 Å². The van der Waals surface area contributed by atoms with Crippen LogP contribution in [0.15, 0.2) is 29.3 Å². The Balaban J connectivity index is 1.59. The number of para-hydroxylation sites is 1. The summed E-state index contributed by atoms with van der Waals surface area (Å²) in [5, 5.41) is 7.51. The summed E-state index contributed by atoms with van der Waals surface area (Å²) in [6.07, 6.45) is -3.98. The molecular formula is C18H21F3N4OS. The van der Waals surface area contributed by atoms with Crippen LogP contribution in [0.25, 0.3) is 0 Å². The van der Waals surface area contributed by atoms with E-state index in [0.717, 1.165) is 22.0 Å². The minimum atomic E-state index is -4.70. The zero-order valence-corrected chi connectivity index (χ0v) is 16.0. The Hall–Kier alpha value is -2.29. The number of rotatable bonds is 5. The number of aryl methyl sites for hydroxylation is 2. The van der Waals surface area contributed by atoms with Gasteiger partial charge in [0.1, 0.15) is 5.75 Å². The molecular weight excluding hydrogens is 377 g/mol. The normalized spacial score (nSPS) is 19.7. The van der Waals surface area contributed by atoms with Gasteiger partial charge in [0.15, 0.2) is 5.96 Å². The fourth-order valence-corrected chi connectivity index (χ4v) is 3.85. The molecule has 2 atom stereocenters. The van der Waals surface area contributed by atoms with Crippen molar-refractivity contribution in [1.82, 2.24) is 15.6 Å².